The summed E-state index contributed by atoms with van der Waals surface area (Å²) in [6.07, 6.45) is 0. The minimum Gasteiger partial charge on any atom is -1.00 e. The van der Waals surface area contributed by atoms with Gasteiger partial charge in [0.1, 0.15) is 0 Å². The quantitative estimate of drug-likeness (QED) is 0.179. The number of hydrogen-bond donors (Lipinski definition) is 0. The van der Waals surface area contributed by atoms with Gasteiger partial charge < -0.3 is 121 Å². The Morgan fingerprint density at radius 3 is 0.353 bits per heavy atom. The standard InChI is InChI=1S/7Fe.Mo.3H2S.6S/h;;;;;;;;3*1H2;;;;;;/q;;;;;+2;+3;;;;;6*-1/p-3. The fourth-order valence-corrected chi connectivity index (χ4v) is 0. The molecule has 0 aromatic heterocycles. The fraction of sp³-hybridized carbons (Fsp3) is 0. The van der Waals surface area contributed by atoms with Crippen LogP contribution in [0.25, 0.3) is 0 Å². The molecular formula is H3Fe7MoS9-4. The Bertz CT molecular complexity index is 21.3. The van der Waals surface area contributed by atoms with E-state index in [9.17, 15) is 0 Å². The SMILES string of the molecule is [Fe+2].[Fe+3].[Fe].[Fe].[Fe].[Fe].[Fe].[Mo].[S-].[S-].[S-].[S-].[S-].[S-].[SH-].[SH-].[SH-]. The first-order valence-corrected chi connectivity index (χ1v) is 0. The molecule has 0 heterocycles. The molecule has 7 radical (unpaired) electrons. The third-order valence-electron chi connectivity index (χ3n) is 0. The first-order valence-electron chi connectivity index (χ1n) is 0. The van der Waals surface area contributed by atoms with E-state index in [0.717, 1.165) is 0 Å². The summed E-state index contributed by atoms with van der Waals surface area (Å²) in [6, 6.07) is 0. The summed E-state index contributed by atoms with van der Waals surface area (Å²) in [7, 11) is 0. The summed E-state index contributed by atoms with van der Waals surface area (Å²) in [5.41, 5.74) is 0. The first-order chi connectivity index (χ1) is 0. The summed E-state index contributed by atoms with van der Waals surface area (Å²) in [5, 5.41) is 0. The number of hydrogen-bond acceptors (Lipinski definition) is 9. The first kappa shape index (κ1) is 241. The molecule has 0 rings (SSSR count). The Hall–Kier alpha value is 7.47. The Morgan fingerprint density at radius 2 is 0.353 bits per heavy atom. The van der Waals surface area contributed by atoms with Crippen molar-refractivity contribution in [1.29, 1.82) is 0 Å². The van der Waals surface area contributed by atoms with E-state index >= 15 is 0 Å². The summed E-state index contributed by atoms with van der Waals surface area (Å²) in [5.74, 6) is 0. The van der Waals surface area contributed by atoms with Crippen molar-refractivity contribution in [2.75, 3.05) is 0 Å². The molecule has 0 aromatic rings. The largest absolute Gasteiger partial charge is 3.00 e. The van der Waals surface area contributed by atoms with Crippen molar-refractivity contribution in [2.45, 2.75) is 0 Å². The van der Waals surface area contributed by atoms with E-state index in [0.29, 0.717) is 0 Å². The molecule has 123 valence electrons. The Morgan fingerprint density at radius 1 is 0.353 bits per heavy atom. The molecule has 0 fully saturated rings. The van der Waals surface area contributed by atoms with Gasteiger partial charge in [0.15, 0.2) is 0 Å². The maximum absolute atomic E-state index is 0. The van der Waals surface area contributed by atoms with Crippen LogP contribution >= 0.6 is 0 Å². The Kier molecular flexibility index (Phi) is 3010. The van der Waals surface area contributed by atoms with Gasteiger partial charge in [0.25, 0.3) is 0 Å². The normalized spacial score (nSPS) is 0. The van der Waals surface area contributed by atoms with Gasteiger partial charge in [0, 0.05) is 106 Å². The molecule has 0 nitrogen and oxygen atoms in total. The van der Waals surface area contributed by atoms with Crippen LogP contribution in [0.2, 0.25) is 0 Å². The molecule has 17 heteroatoms. The van der Waals surface area contributed by atoms with Gasteiger partial charge in [-0.1, -0.05) is 0 Å². The van der Waals surface area contributed by atoms with Crippen LogP contribution < -0.4 is 0 Å². The fourth-order valence-electron chi connectivity index (χ4n) is 0. The predicted molar refractivity (Wildman–Crippen MR) is 70.5 cm³/mol. The van der Waals surface area contributed by atoms with Gasteiger partial charge in [-0.15, -0.1) is 0 Å². The molecule has 0 aliphatic heterocycles. The van der Waals surface area contributed by atoms with E-state index in [1.54, 1.807) is 0 Å². The molecule has 0 N–H and O–H groups in total. The van der Waals surface area contributed by atoms with Gasteiger partial charge in [0.2, 0.25) is 0 Å². The maximum atomic E-state index is 0. The van der Waals surface area contributed by atoms with Gasteiger partial charge in [0.05, 0.1) is 0 Å². The van der Waals surface area contributed by atoms with Gasteiger partial charge in [-0.3, -0.25) is 0 Å². The van der Waals surface area contributed by atoms with Crippen LogP contribution in [-0.4, -0.2) is 0 Å². The average Bonchev–Trinajstić information content (AvgIpc) is 0. The van der Waals surface area contributed by atoms with Crippen molar-refractivity contribution >= 4 is 121 Å². The number of rotatable bonds is 0. The second-order valence-electron chi connectivity index (χ2n) is 0. The molecular weight excluding hydrogens is 775 g/mol. The van der Waals surface area contributed by atoms with Gasteiger partial charge in [-0.2, -0.15) is 0 Å². The van der Waals surface area contributed by atoms with E-state index in [2.05, 4.69) is 0 Å². The zero-order valence-electron chi connectivity index (χ0n) is 6.67. The summed E-state index contributed by atoms with van der Waals surface area (Å²) >= 11 is 0. The van der Waals surface area contributed by atoms with E-state index in [-0.39, 0.29) is 262 Å². The van der Waals surface area contributed by atoms with Crippen LogP contribution in [0.15, 0.2) is 0 Å². The molecule has 0 unspecified atom stereocenters. The molecule has 0 bridgehead atoms. The van der Waals surface area contributed by atoms with Crippen molar-refractivity contribution in [3.63, 3.8) is 0 Å². The molecule has 0 aromatic carbocycles. The van der Waals surface area contributed by atoms with E-state index in [1.807, 2.05) is 0 Å². The van der Waals surface area contributed by atoms with Crippen LogP contribution in [0.1, 0.15) is 0 Å². The van der Waals surface area contributed by atoms with E-state index in [1.165, 1.54) is 0 Å². The maximum Gasteiger partial charge on any atom is 3.00 e. The molecule has 0 amide bonds. The molecule has 0 atom stereocenters. The minimum absolute atomic E-state index is 0. The Labute approximate surface area is 257 Å². The summed E-state index contributed by atoms with van der Waals surface area (Å²) < 4.78 is 0. The van der Waals surface area contributed by atoms with Gasteiger partial charge in [-0.25, -0.2) is 0 Å². The van der Waals surface area contributed by atoms with Crippen LogP contribution in [0, 0.1) is 0 Å². The van der Waals surface area contributed by atoms with Crippen LogP contribution in [0.4, 0.5) is 0 Å². The van der Waals surface area contributed by atoms with Crippen molar-refractivity contribution in [1.82, 2.24) is 0 Å². The smallest absolute Gasteiger partial charge is 1.00 e. The summed E-state index contributed by atoms with van der Waals surface area (Å²) in [6.45, 7) is 0. The topological polar surface area (TPSA) is 0 Å². The second kappa shape index (κ2) is 212. The molecule has 0 saturated heterocycles. The zero-order valence-corrected chi connectivity index (χ0v) is 24.0. The third-order valence-corrected chi connectivity index (χ3v) is 0. The van der Waals surface area contributed by atoms with Crippen LogP contribution in [-0.2, 0) is 262 Å². The molecule has 17 heavy (non-hydrogen) atoms. The van der Waals surface area contributed by atoms with E-state index in [4.69, 9.17) is 0 Å². The summed E-state index contributed by atoms with van der Waals surface area (Å²) in [4.78, 5) is 0. The molecule has 0 aliphatic rings. The van der Waals surface area contributed by atoms with Crippen LogP contribution in [0.5, 0.6) is 0 Å². The molecule has 0 saturated carbocycles. The van der Waals surface area contributed by atoms with E-state index < -0.39 is 0 Å². The van der Waals surface area contributed by atoms with Crippen molar-refractivity contribution in [3.8, 4) is 0 Å². The average molecular weight is 778 g/mol. The number of thiol groups is 3. The van der Waals surface area contributed by atoms with Crippen LogP contribution in [0.3, 0.4) is 0 Å². The van der Waals surface area contributed by atoms with Gasteiger partial charge in [-0.05, 0) is 0 Å². The third kappa shape index (κ3) is 194. The zero-order chi connectivity index (χ0) is 0. The molecule has 0 aliphatic carbocycles. The van der Waals surface area contributed by atoms with Crippen molar-refractivity contribution < 1.29 is 141 Å². The molecule has 0 spiro atoms. The van der Waals surface area contributed by atoms with Crippen molar-refractivity contribution in [2.24, 2.45) is 0 Å². The van der Waals surface area contributed by atoms with Gasteiger partial charge >= 0.3 is 34.1 Å². The minimum atomic E-state index is 0. The second-order valence-corrected chi connectivity index (χ2v) is 0. The monoisotopic (exact) mass is 780 g/mol. The van der Waals surface area contributed by atoms with Crippen molar-refractivity contribution in [3.05, 3.63) is 0 Å². The predicted octanol–water partition coefficient (Wildman–Crippen LogP) is -0.845. The Balaban J connectivity index is 0.